The Bertz CT molecular complexity index is 493. The molecular weight excluding hydrogens is 306 g/mol. The van der Waals surface area contributed by atoms with Crippen molar-refractivity contribution in [3.8, 4) is 0 Å². The number of methoxy groups -OCH3 is 1. The van der Waals surface area contributed by atoms with Crippen molar-refractivity contribution in [2.45, 2.75) is 49.1 Å². The first-order valence-electron chi connectivity index (χ1n) is 7.28. The lowest BCUT2D eigenvalue weighted by molar-refractivity contribution is -0.148. The van der Waals surface area contributed by atoms with E-state index in [9.17, 15) is 4.79 Å². The largest absolute Gasteiger partial charge is 0.468 e. The second-order valence-electron chi connectivity index (χ2n) is 5.65. The summed E-state index contributed by atoms with van der Waals surface area (Å²) < 4.78 is 4.95. The molecule has 0 saturated heterocycles. The Morgan fingerprint density at radius 1 is 1.52 bits per heavy atom. The fourth-order valence-electron chi connectivity index (χ4n) is 2.31. The van der Waals surface area contributed by atoms with Gasteiger partial charge in [0, 0.05) is 16.0 Å². The molecule has 0 aliphatic heterocycles. The highest BCUT2D eigenvalue weighted by atomic mass is 35.5. The van der Waals surface area contributed by atoms with Crippen molar-refractivity contribution in [1.29, 1.82) is 0 Å². The maximum Gasteiger partial charge on any atom is 0.325 e. The van der Waals surface area contributed by atoms with Gasteiger partial charge in [0.15, 0.2) is 0 Å². The lowest BCUT2D eigenvalue weighted by Gasteiger charge is -2.28. The second kappa shape index (κ2) is 7.52. The van der Waals surface area contributed by atoms with E-state index < -0.39 is 5.54 Å². The molecule has 1 aromatic rings. The molecule has 3 nitrogen and oxygen atoms in total. The minimum atomic E-state index is -0.565. The van der Waals surface area contributed by atoms with Crippen LogP contribution in [0.2, 0.25) is 5.02 Å². The first-order chi connectivity index (χ1) is 10.0. The van der Waals surface area contributed by atoms with Gasteiger partial charge in [-0.2, -0.15) is 0 Å². The summed E-state index contributed by atoms with van der Waals surface area (Å²) in [7, 11) is 1.45. The standard InChI is InChI=1S/C16H22ClNO2S/c1-16(15(19)20-2,18-13-7-8-13)9-4-10-21-14-6-3-5-12(17)11-14/h3,5-6,11,13,18H,4,7-10H2,1-2H3. The van der Waals surface area contributed by atoms with Crippen LogP contribution in [0.4, 0.5) is 0 Å². The smallest absolute Gasteiger partial charge is 0.325 e. The lowest BCUT2D eigenvalue weighted by Crippen LogP contribution is -2.51. The van der Waals surface area contributed by atoms with Gasteiger partial charge in [0.2, 0.25) is 0 Å². The van der Waals surface area contributed by atoms with Crippen molar-refractivity contribution in [2.75, 3.05) is 12.9 Å². The van der Waals surface area contributed by atoms with E-state index in [1.165, 1.54) is 7.11 Å². The van der Waals surface area contributed by atoms with Gasteiger partial charge in [-0.1, -0.05) is 17.7 Å². The lowest BCUT2D eigenvalue weighted by atomic mass is 9.96. The SMILES string of the molecule is COC(=O)C(C)(CCCSc1cccc(Cl)c1)NC1CC1. The van der Waals surface area contributed by atoms with Crippen molar-refractivity contribution < 1.29 is 9.53 Å². The molecule has 1 unspecified atom stereocenters. The van der Waals surface area contributed by atoms with E-state index in [2.05, 4.69) is 11.4 Å². The van der Waals surface area contributed by atoms with Crippen LogP contribution in [0.1, 0.15) is 32.6 Å². The molecule has 5 heteroatoms. The van der Waals surface area contributed by atoms with Gasteiger partial charge in [0.25, 0.3) is 0 Å². The first kappa shape index (κ1) is 16.7. The first-order valence-corrected chi connectivity index (χ1v) is 8.64. The zero-order valence-corrected chi connectivity index (χ0v) is 14.1. The van der Waals surface area contributed by atoms with Gasteiger partial charge in [0.05, 0.1) is 7.11 Å². The van der Waals surface area contributed by atoms with Gasteiger partial charge in [-0.25, -0.2) is 0 Å². The van der Waals surface area contributed by atoms with Crippen molar-refractivity contribution in [2.24, 2.45) is 0 Å². The zero-order chi connectivity index (χ0) is 15.3. The number of hydrogen-bond donors (Lipinski definition) is 1. The number of esters is 1. The van der Waals surface area contributed by atoms with Crippen molar-refractivity contribution in [1.82, 2.24) is 5.32 Å². The molecule has 1 atom stereocenters. The third kappa shape index (κ3) is 5.20. The molecule has 21 heavy (non-hydrogen) atoms. The minimum absolute atomic E-state index is 0.165. The summed E-state index contributed by atoms with van der Waals surface area (Å²) in [6, 6.07) is 8.33. The molecule has 1 fully saturated rings. The third-order valence-corrected chi connectivity index (χ3v) is 4.94. The van der Waals surface area contributed by atoms with Gasteiger partial charge in [-0.05, 0) is 56.6 Å². The Kier molecular flexibility index (Phi) is 5.97. The van der Waals surface area contributed by atoms with E-state index >= 15 is 0 Å². The number of halogens is 1. The quantitative estimate of drug-likeness (QED) is 0.446. The normalized spacial score (nSPS) is 17.3. The molecule has 1 aliphatic rings. The molecule has 1 aliphatic carbocycles. The van der Waals surface area contributed by atoms with Gasteiger partial charge < -0.3 is 4.74 Å². The zero-order valence-electron chi connectivity index (χ0n) is 12.5. The van der Waals surface area contributed by atoms with Gasteiger partial charge in [-0.15, -0.1) is 11.8 Å². The van der Waals surface area contributed by atoms with E-state index in [1.807, 2.05) is 25.1 Å². The summed E-state index contributed by atoms with van der Waals surface area (Å²) in [4.78, 5) is 13.2. The van der Waals surface area contributed by atoms with E-state index in [-0.39, 0.29) is 5.97 Å². The summed E-state index contributed by atoms with van der Waals surface area (Å²) >= 11 is 7.74. The molecule has 116 valence electrons. The van der Waals surface area contributed by atoms with Crippen LogP contribution in [0.5, 0.6) is 0 Å². The molecular formula is C16H22ClNO2S. The monoisotopic (exact) mass is 327 g/mol. The number of rotatable bonds is 8. The number of hydrogen-bond acceptors (Lipinski definition) is 4. The molecule has 0 heterocycles. The second-order valence-corrected chi connectivity index (χ2v) is 7.26. The fourth-order valence-corrected chi connectivity index (χ4v) is 3.47. The average Bonchev–Trinajstić information content (AvgIpc) is 3.26. The van der Waals surface area contributed by atoms with Crippen LogP contribution in [0.25, 0.3) is 0 Å². The van der Waals surface area contributed by atoms with Crippen molar-refractivity contribution in [3.05, 3.63) is 29.3 Å². The Hall–Kier alpha value is -0.710. The van der Waals surface area contributed by atoms with Crippen LogP contribution in [-0.4, -0.2) is 30.4 Å². The highest BCUT2D eigenvalue weighted by molar-refractivity contribution is 7.99. The number of carbonyl (C=O) groups excluding carboxylic acids is 1. The average molecular weight is 328 g/mol. The number of nitrogens with one attached hydrogen (secondary N) is 1. The Morgan fingerprint density at radius 3 is 2.90 bits per heavy atom. The maximum atomic E-state index is 12.0. The summed E-state index contributed by atoms with van der Waals surface area (Å²) in [5, 5.41) is 4.18. The van der Waals surface area contributed by atoms with E-state index in [0.29, 0.717) is 6.04 Å². The minimum Gasteiger partial charge on any atom is -0.468 e. The molecule has 0 radical (unpaired) electrons. The van der Waals surface area contributed by atoms with Crippen molar-refractivity contribution in [3.63, 3.8) is 0 Å². The van der Waals surface area contributed by atoms with E-state index in [0.717, 1.165) is 41.4 Å². The molecule has 1 saturated carbocycles. The summed E-state index contributed by atoms with van der Waals surface area (Å²) in [6.07, 6.45) is 4.04. The number of thioether (sulfide) groups is 1. The van der Waals surface area contributed by atoms with Gasteiger partial charge in [-0.3, -0.25) is 10.1 Å². The van der Waals surface area contributed by atoms with Gasteiger partial charge in [0.1, 0.15) is 5.54 Å². The molecule has 0 spiro atoms. The Labute approximate surface area is 135 Å². The summed E-state index contributed by atoms with van der Waals surface area (Å²) in [6.45, 7) is 1.95. The maximum absolute atomic E-state index is 12.0. The number of carbonyl (C=O) groups is 1. The molecule has 1 aromatic carbocycles. The highest BCUT2D eigenvalue weighted by Crippen LogP contribution is 2.27. The molecule has 0 bridgehead atoms. The van der Waals surface area contributed by atoms with Crippen LogP contribution in [-0.2, 0) is 9.53 Å². The van der Waals surface area contributed by atoms with E-state index in [1.54, 1.807) is 11.8 Å². The van der Waals surface area contributed by atoms with Crippen molar-refractivity contribution >= 4 is 29.3 Å². The van der Waals surface area contributed by atoms with Crippen LogP contribution < -0.4 is 5.32 Å². The summed E-state index contributed by atoms with van der Waals surface area (Å²) in [5.74, 6) is 0.793. The Morgan fingerprint density at radius 2 is 2.29 bits per heavy atom. The number of ether oxygens (including phenoxy) is 1. The molecule has 0 aromatic heterocycles. The number of benzene rings is 1. The fraction of sp³-hybridized carbons (Fsp3) is 0.562. The Balaban J connectivity index is 1.80. The third-order valence-electron chi connectivity index (χ3n) is 3.62. The predicted octanol–water partition coefficient (Wildman–Crippen LogP) is 3.90. The van der Waals surface area contributed by atoms with Crippen LogP contribution in [0.15, 0.2) is 29.2 Å². The highest BCUT2D eigenvalue weighted by Gasteiger charge is 2.38. The van der Waals surface area contributed by atoms with Crippen LogP contribution in [0.3, 0.4) is 0 Å². The van der Waals surface area contributed by atoms with E-state index in [4.69, 9.17) is 16.3 Å². The molecule has 0 amide bonds. The summed E-state index contributed by atoms with van der Waals surface area (Å²) in [5.41, 5.74) is -0.565. The van der Waals surface area contributed by atoms with Gasteiger partial charge >= 0.3 is 5.97 Å². The topological polar surface area (TPSA) is 38.3 Å². The predicted molar refractivity (Wildman–Crippen MR) is 88.0 cm³/mol. The van der Waals surface area contributed by atoms with Crippen LogP contribution >= 0.6 is 23.4 Å². The van der Waals surface area contributed by atoms with Crippen LogP contribution in [0, 0.1) is 0 Å². The molecule has 1 N–H and O–H groups in total. The molecule has 2 rings (SSSR count).